The van der Waals surface area contributed by atoms with Gasteiger partial charge < -0.3 is 10.1 Å². The SMILES string of the molecule is C[C@@H](OC(=O)c1cc(F)c(Cl)cc1Cl)C(=O)NCc1ccc(F)cc1. The van der Waals surface area contributed by atoms with E-state index < -0.39 is 23.8 Å². The smallest absolute Gasteiger partial charge is 0.340 e. The van der Waals surface area contributed by atoms with Gasteiger partial charge in [0.2, 0.25) is 0 Å². The Morgan fingerprint density at radius 3 is 2.40 bits per heavy atom. The van der Waals surface area contributed by atoms with Crippen LogP contribution in [0.25, 0.3) is 0 Å². The van der Waals surface area contributed by atoms with Gasteiger partial charge in [-0.1, -0.05) is 35.3 Å². The zero-order valence-corrected chi connectivity index (χ0v) is 14.5. The normalized spacial score (nSPS) is 11.7. The highest BCUT2D eigenvalue weighted by molar-refractivity contribution is 6.36. The van der Waals surface area contributed by atoms with Crippen molar-refractivity contribution in [3.8, 4) is 0 Å². The Kier molecular flexibility index (Phi) is 6.33. The zero-order chi connectivity index (χ0) is 18.6. The van der Waals surface area contributed by atoms with Crippen molar-refractivity contribution in [2.75, 3.05) is 0 Å². The molecule has 0 saturated heterocycles. The highest BCUT2D eigenvalue weighted by Crippen LogP contribution is 2.25. The van der Waals surface area contributed by atoms with Gasteiger partial charge in [-0.25, -0.2) is 13.6 Å². The number of hydrogen-bond acceptors (Lipinski definition) is 3. The molecule has 0 aromatic heterocycles. The lowest BCUT2D eigenvalue weighted by Crippen LogP contribution is -2.35. The van der Waals surface area contributed by atoms with E-state index in [2.05, 4.69) is 5.32 Å². The summed E-state index contributed by atoms with van der Waals surface area (Å²) in [6.45, 7) is 1.50. The molecule has 2 rings (SSSR count). The molecule has 0 fully saturated rings. The van der Waals surface area contributed by atoms with Gasteiger partial charge in [0.15, 0.2) is 6.10 Å². The van der Waals surface area contributed by atoms with Gasteiger partial charge in [0, 0.05) is 6.54 Å². The van der Waals surface area contributed by atoms with Crippen molar-refractivity contribution in [2.45, 2.75) is 19.6 Å². The van der Waals surface area contributed by atoms with Crippen LogP contribution in [0.5, 0.6) is 0 Å². The van der Waals surface area contributed by atoms with E-state index in [9.17, 15) is 18.4 Å². The fraction of sp³-hybridized carbons (Fsp3) is 0.176. The number of carbonyl (C=O) groups excluding carboxylic acids is 2. The van der Waals surface area contributed by atoms with Crippen molar-refractivity contribution in [3.05, 3.63) is 69.2 Å². The first-order valence-electron chi connectivity index (χ1n) is 7.15. The Hall–Kier alpha value is -2.18. The Labute approximate surface area is 152 Å². The Bertz CT molecular complexity index is 797. The number of hydrogen-bond donors (Lipinski definition) is 1. The van der Waals surface area contributed by atoms with Crippen LogP contribution in [0.1, 0.15) is 22.8 Å². The zero-order valence-electron chi connectivity index (χ0n) is 13.0. The maximum atomic E-state index is 13.4. The molecule has 2 aromatic rings. The third-order valence-electron chi connectivity index (χ3n) is 3.26. The van der Waals surface area contributed by atoms with Crippen molar-refractivity contribution < 1.29 is 23.1 Å². The molecule has 1 atom stereocenters. The number of benzene rings is 2. The summed E-state index contributed by atoms with van der Waals surface area (Å²) in [5, 5.41) is 2.23. The molecule has 8 heteroatoms. The summed E-state index contributed by atoms with van der Waals surface area (Å²) >= 11 is 11.4. The molecule has 0 spiro atoms. The van der Waals surface area contributed by atoms with Crippen LogP contribution in [0.15, 0.2) is 36.4 Å². The molecule has 25 heavy (non-hydrogen) atoms. The first-order valence-corrected chi connectivity index (χ1v) is 7.91. The van der Waals surface area contributed by atoms with E-state index in [-0.39, 0.29) is 28.0 Å². The second-order valence-electron chi connectivity index (χ2n) is 5.14. The third kappa shape index (κ3) is 5.14. The molecule has 0 aliphatic rings. The molecular formula is C17H13Cl2F2NO3. The lowest BCUT2D eigenvalue weighted by atomic mass is 10.2. The van der Waals surface area contributed by atoms with Gasteiger partial charge in [-0.15, -0.1) is 0 Å². The monoisotopic (exact) mass is 387 g/mol. The number of carbonyl (C=O) groups is 2. The number of nitrogens with one attached hydrogen (secondary N) is 1. The summed E-state index contributed by atoms with van der Waals surface area (Å²) in [5.74, 6) is -2.73. The molecule has 1 N–H and O–H groups in total. The standard InChI is InChI=1S/C17H13Cl2F2NO3/c1-9(16(23)22-8-10-2-4-11(20)5-3-10)25-17(24)12-6-15(21)14(19)7-13(12)18/h2-7,9H,8H2,1H3,(H,22,23)/t9-/m1/s1. The van der Waals surface area contributed by atoms with Crippen molar-refractivity contribution in [1.29, 1.82) is 0 Å². The van der Waals surface area contributed by atoms with Crippen LogP contribution >= 0.6 is 23.2 Å². The second kappa shape index (κ2) is 8.27. The highest BCUT2D eigenvalue weighted by atomic mass is 35.5. The van der Waals surface area contributed by atoms with Gasteiger partial charge in [-0.05, 0) is 36.8 Å². The average molecular weight is 388 g/mol. The van der Waals surface area contributed by atoms with E-state index >= 15 is 0 Å². The van der Waals surface area contributed by atoms with Crippen molar-refractivity contribution in [1.82, 2.24) is 5.32 Å². The number of halogens is 4. The topological polar surface area (TPSA) is 55.4 Å². The van der Waals surface area contributed by atoms with Crippen LogP contribution in [-0.2, 0) is 16.1 Å². The predicted molar refractivity (Wildman–Crippen MR) is 89.5 cm³/mol. The molecule has 0 heterocycles. The quantitative estimate of drug-likeness (QED) is 0.619. The van der Waals surface area contributed by atoms with Gasteiger partial charge in [0.05, 0.1) is 15.6 Å². The van der Waals surface area contributed by atoms with Gasteiger partial charge in [0.1, 0.15) is 11.6 Å². The van der Waals surface area contributed by atoms with E-state index in [1.54, 1.807) is 0 Å². The molecule has 0 unspecified atom stereocenters. The van der Waals surface area contributed by atoms with Crippen LogP contribution < -0.4 is 5.32 Å². The molecule has 0 aliphatic heterocycles. The maximum absolute atomic E-state index is 13.4. The minimum Gasteiger partial charge on any atom is -0.449 e. The molecule has 0 bridgehead atoms. The van der Waals surface area contributed by atoms with E-state index in [1.165, 1.54) is 31.2 Å². The fourth-order valence-corrected chi connectivity index (χ4v) is 2.35. The molecule has 132 valence electrons. The summed E-state index contributed by atoms with van der Waals surface area (Å²) in [5.41, 5.74) is 0.442. The number of amides is 1. The maximum Gasteiger partial charge on any atom is 0.340 e. The lowest BCUT2D eigenvalue weighted by Gasteiger charge is -2.14. The fourth-order valence-electron chi connectivity index (χ4n) is 1.89. The first kappa shape index (κ1) is 19.1. The number of rotatable bonds is 5. The third-order valence-corrected chi connectivity index (χ3v) is 3.87. The van der Waals surface area contributed by atoms with Crippen LogP contribution in [-0.4, -0.2) is 18.0 Å². The number of esters is 1. The van der Waals surface area contributed by atoms with Crippen LogP contribution in [0, 0.1) is 11.6 Å². The van der Waals surface area contributed by atoms with E-state index in [0.717, 1.165) is 12.1 Å². The van der Waals surface area contributed by atoms with E-state index in [0.29, 0.717) is 5.56 Å². The highest BCUT2D eigenvalue weighted by Gasteiger charge is 2.21. The Balaban J connectivity index is 1.95. The minimum atomic E-state index is -1.14. The van der Waals surface area contributed by atoms with Crippen molar-refractivity contribution in [2.24, 2.45) is 0 Å². The predicted octanol–water partition coefficient (Wildman–Crippen LogP) is 4.13. The number of ether oxygens (including phenoxy) is 1. The molecule has 0 saturated carbocycles. The van der Waals surface area contributed by atoms with Crippen molar-refractivity contribution >= 4 is 35.1 Å². The van der Waals surface area contributed by atoms with Crippen molar-refractivity contribution in [3.63, 3.8) is 0 Å². The van der Waals surface area contributed by atoms with E-state index in [4.69, 9.17) is 27.9 Å². The van der Waals surface area contributed by atoms with Gasteiger partial charge in [-0.2, -0.15) is 0 Å². The summed E-state index contributed by atoms with van der Waals surface area (Å²) in [6, 6.07) is 7.49. The summed E-state index contributed by atoms with van der Waals surface area (Å²) in [7, 11) is 0. The molecule has 2 aromatic carbocycles. The largest absolute Gasteiger partial charge is 0.449 e. The minimum absolute atomic E-state index is 0.0877. The summed E-state index contributed by atoms with van der Waals surface area (Å²) < 4.78 is 31.2. The summed E-state index contributed by atoms with van der Waals surface area (Å²) in [4.78, 5) is 24.0. The average Bonchev–Trinajstić information content (AvgIpc) is 2.57. The van der Waals surface area contributed by atoms with E-state index in [1.807, 2.05) is 0 Å². The lowest BCUT2D eigenvalue weighted by molar-refractivity contribution is -0.129. The first-order chi connectivity index (χ1) is 11.8. The molecule has 0 aliphatic carbocycles. The Morgan fingerprint density at radius 1 is 1.12 bits per heavy atom. The van der Waals surface area contributed by atoms with Crippen LogP contribution in [0.3, 0.4) is 0 Å². The molecule has 1 amide bonds. The Morgan fingerprint density at radius 2 is 1.76 bits per heavy atom. The molecule has 0 radical (unpaired) electrons. The summed E-state index contributed by atoms with van der Waals surface area (Å²) in [6.07, 6.45) is -1.14. The van der Waals surface area contributed by atoms with Gasteiger partial charge in [0.25, 0.3) is 5.91 Å². The van der Waals surface area contributed by atoms with Gasteiger partial charge >= 0.3 is 5.97 Å². The van der Waals surface area contributed by atoms with Crippen LogP contribution in [0.2, 0.25) is 10.0 Å². The van der Waals surface area contributed by atoms with Crippen LogP contribution in [0.4, 0.5) is 8.78 Å². The molecule has 4 nitrogen and oxygen atoms in total. The molecular weight excluding hydrogens is 375 g/mol. The van der Waals surface area contributed by atoms with Gasteiger partial charge in [-0.3, -0.25) is 4.79 Å². The second-order valence-corrected chi connectivity index (χ2v) is 5.95.